The number of amides is 1. The molecule has 0 unspecified atom stereocenters. The normalized spacial score (nSPS) is 10.5. The number of carbonyl (C=O) groups excluding carboxylic acids is 1. The number of anilines is 1. The fraction of sp³-hybridized carbons (Fsp3) is 0.154. The predicted molar refractivity (Wildman–Crippen MR) is 72.6 cm³/mol. The largest absolute Gasteiger partial charge is 0.360 e. The molecule has 0 aliphatic heterocycles. The van der Waals surface area contributed by atoms with Gasteiger partial charge in [0, 0.05) is 11.6 Å². The van der Waals surface area contributed by atoms with E-state index in [-0.39, 0.29) is 5.91 Å². The van der Waals surface area contributed by atoms with Crippen molar-refractivity contribution in [1.82, 2.24) is 25.4 Å². The smallest absolute Gasteiger partial charge is 0.256 e. The maximum absolute atomic E-state index is 12.0. The summed E-state index contributed by atoms with van der Waals surface area (Å²) in [5.74, 6) is 0.801. The lowest BCUT2D eigenvalue weighted by molar-refractivity contribution is 0.102. The van der Waals surface area contributed by atoms with Crippen molar-refractivity contribution in [2.45, 2.75) is 13.5 Å². The molecule has 106 valence electrons. The van der Waals surface area contributed by atoms with Crippen molar-refractivity contribution < 1.29 is 9.32 Å². The molecule has 3 rings (SSSR count). The number of hydrogen-bond acceptors (Lipinski definition) is 6. The third-order valence-corrected chi connectivity index (χ3v) is 2.82. The average molecular weight is 284 g/mol. The summed E-state index contributed by atoms with van der Waals surface area (Å²) in [5, 5.41) is 17.3. The third kappa shape index (κ3) is 3.11. The van der Waals surface area contributed by atoms with Crippen molar-refractivity contribution >= 4 is 11.7 Å². The Morgan fingerprint density at radius 3 is 2.76 bits per heavy atom. The van der Waals surface area contributed by atoms with E-state index in [1.54, 1.807) is 29.8 Å². The molecule has 0 fully saturated rings. The van der Waals surface area contributed by atoms with E-state index in [9.17, 15) is 4.79 Å². The summed E-state index contributed by atoms with van der Waals surface area (Å²) in [7, 11) is 0. The summed E-state index contributed by atoms with van der Waals surface area (Å²) in [4.78, 5) is 12.0. The van der Waals surface area contributed by atoms with E-state index in [4.69, 9.17) is 4.52 Å². The van der Waals surface area contributed by atoms with Gasteiger partial charge in [0.05, 0.1) is 6.54 Å². The summed E-state index contributed by atoms with van der Waals surface area (Å²) in [6.45, 7) is 2.31. The number of carbonyl (C=O) groups is 1. The molecular formula is C13H12N6O2. The second-order valence-electron chi connectivity index (χ2n) is 4.48. The maximum Gasteiger partial charge on any atom is 0.256 e. The van der Waals surface area contributed by atoms with Crippen LogP contribution in [0.2, 0.25) is 0 Å². The van der Waals surface area contributed by atoms with Gasteiger partial charge in [0.25, 0.3) is 5.91 Å². The van der Waals surface area contributed by atoms with Crippen LogP contribution in [0.25, 0.3) is 0 Å². The number of hydrogen-bond donors (Lipinski definition) is 1. The third-order valence-electron chi connectivity index (χ3n) is 2.82. The van der Waals surface area contributed by atoms with Crippen LogP contribution in [-0.4, -0.2) is 31.3 Å². The van der Waals surface area contributed by atoms with Crippen LogP contribution in [0.3, 0.4) is 0 Å². The molecule has 8 heteroatoms. The molecule has 21 heavy (non-hydrogen) atoms. The monoisotopic (exact) mass is 284 g/mol. The molecule has 0 bridgehead atoms. The van der Waals surface area contributed by atoms with Gasteiger partial charge in [0.1, 0.15) is 12.1 Å². The Kier molecular flexibility index (Phi) is 3.42. The Bertz CT molecular complexity index is 732. The van der Waals surface area contributed by atoms with E-state index in [1.807, 2.05) is 12.1 Å². The van der Waals surface area contributed by atoms with Crippen LogP contribution in [0.1, 0.15) is 21.7 Å². The van der Waals surface area contributed by atoms with Crippen LogP contribution in [-0.2, 0) is 6.54 Å². The van der Waals surface area contributed by atoms with Crippen molar-refractivity contribution in [2.75, 3.05) is 5.32 Å². The molecule has 8 nitrogen and oxygen atoms in total. The van der Waals surface area contributed by atoms with E-state index >= 15 is 0 Å². The highest BCUT2D eigenvalue weighted by atomic mass is 16.5. The summed E-state index contributed by atoms with van der Waals surface area (Å²) in [6, 6.07) is 8.84. The van der Waals surface area contributed by atoms with E-state index in [0.29, 0.717) is 23.7 Å². The van der Waals surface area contributed by atoms with Crippen LogP contribution in [0.4, 0.5) is 5.82 Å². The van der Waals surface area contributed by atoms with Gasteiger partial charge >= 0.3 is 0 Å². The molecule has 0 saturated heterocycles. The number of aryl methyl sites for hydroxylation is 1. The SMILES string of the molecule is Cc1cc(NC(=O)c2ccc(Cn3cnnn3)cc2)no1. The van der Waals surface area contributed by atoms with E-state index < -0.39 is 0 Å². The van der Waals surface area contributed by atoms with Crippen molar-refractivity contribution in [3.8, 4) is 0 Å². The first-order valence-electron chi connectivity index (χ1n) is 6.25. The number of rotatable bonds is 4. The molecule has 0 radical (unpaired) electrons. The fourth-order valence-corrected chi connectivity index (χ4v) is 1.82. The van der Waals surface area contributed by atoms with Gasteiger partial charge in [0.2, 0.25) is 0 Å². The maximum atomic E-state index is 12.0. The summed E-state index contributed by atoms with van der Waals surface area (Å²) >= 11 is 0. The minimum Gasteiger partial charge on any atom is -0.360 e. The van der Waals surface area contributed by atoms with Crippen LogP contribution < -0.4 is 5.32 Å². The lowest BCUT2D eigenvalue weighted by atomic mass is 10.1. The van der Waals surface area contributed by atoms with Crippen molar-refractivity contribution in [2.24, 2.45) is 0 Å². The lowest BCUT2D eigenvalue weighted by Crippen LogP contribution is -2.12. The number of aromatic nitrogens is 5. The van der Waals surface area contributed by atoms with Gasteiger partial charge in [-0.05, 0) is 35.0 Å². The molecule has 0 aliphatic carbocycles. The average Bonchev–Trinajstić information content (AvgIpc) is 3.12. The Balaban J connectivity index is 1.67. The molecule has 0 aliphatic rings. The molecule has 0 spiro atoms. The van der Waals surface area contributed by atoms with Crippen molar-refractivity contribution in [1.29, 1.82) is 0 Å². The van der Waals surface area contributed by atoms with Crippen LogP contribution in [0, 0.1) is 6.92 Å². The molecule has 2 aromatic heterocycles. The highest BCUT2D eigenvalue weighted by molar-refractivity contribution is 6.03. The Hall–Kier alpha value is -3.03. The first kappa shape index (κ1) is 13.0. The zero-order chi connectivity index (χ0) is 14.7. The van der Waals surface area contributed by atoms with Gasteiger partial charge in [-0.25, -0.2) is 4.68 Å². The second kappa shape index (κ2) is 5.53. The van der Waals surface area contributed by atoms with Crippen molar-refractivity contribution in [3.63, 3.8) is 0 Å². The first-order chi connectivity index (χ1) is 10.2. The van der Waals surface area contributed by atoms with E-state index in [2.05, 4.69) is 26.0 Å². The summed E-state index contributed by atoms with van der Waals surface area (Å²) < 4.78 is 6.50. The van der Waals surface area contributed by atoms with Crippen molar-refractivity contribution in [3.05, 3.63) is 53.5 Å². The number of nitrogens with zero attached hydrogens (tertiary/aromatic N) is 5. The number of benzene rings is 1. The van der Waals surface area contributed by atoms with Gasteiger partial charge in [0.15, 0.2) is 5.82 Å². The van der Waals surface area contributed by atoms with Crippen LogP contribution in [0.5, 0.6) is 0 Å². The minimum atomic E-state index is -0.239. The van der Waals surface area contributed by atoms with Crippen LogP contribution in [0.15, 0.2) is 41.2 Å². The minimum absolute atomic E-state index is 0.239. The molecule has 1 aromatic carbocycles. The first-order valence-corrected chi connectivity index (χ1v) is 6.25. The highest BCUT2D eigenvalue weighted by Crippen LogP contribution is 2.11. The molecule has 2 heterocycles. The van der Waals surface area contributed by atoms with E-state index in [1.165, 1.54) is 6.33 Å². The Morgan fingerprint density at radius 2 is 2.14 bits per heavy atom. The topological polar surface area (TPSA) is 98.7 Å². The molecule has 0 atom stereocenters. The zero-order valence-electron chi connectivity index (χ0n) is 11.2. The fourth-order valence-electron chi connectivity index (χ4n) is 1.82. The second-order valence-corrected chi connectivity index (χ2v) is 4.48. The van der Waals surface area contributed by atoms with Gasteiger partial charge in [-0.15, -0.1) is 5.10 Å². The Morgan fingerprint density at radius 1 is 1.33 bits per heavy atom. The molecule has 0 saturated carbocycles. The highest BCUT2D eigenvalue weighted by Gasteiger charge is 2.09. The zero-order valence-corrected chi connectivity index (χ0v) is 11.2. The number of nitrogens with one attached hydrogen (secondary N) is 1. The van der Waals surface area contributed by atoms with Gasteiger partial charge < -0.3 is 9.84 Å². The summed E-state index contributed by atoms with van der Waals surface area (Å²) in [5.41, 5.74) is 1.53. The van der Waals surface area contributed by atoms with Gasteiger partial charge in [-0.2, -0.15) is 0 Å². The van der Waals surface area contributed by atoms with Gasteiger partial charge in [-0.1, -0.05) is 17.3 Å². The Labute approximate surface area is 119 Å². The molecule has 1 amide bonds. The van der Waals surface area contributed by atoms with Gasteiger partial charge in [-0.3, -0.25) is 4.79 Å². The quantitative estimate of drug-likeness (QED) is 0.774. The standard InChI is InChI=1S/C13H12N6O2/c1-9-6-12(16-21-9)15-13(20)11-4-2-10(3-5-11)7-19-8-14-17-18-19/h2-6,8H,7H2,1H3,(H,15,16,20). The number of tetrazole rings is 1. The lowest BCUT2D eigenvalue weighted by Gasteiger charge is -2.03. The molecule has 3 aromatic rings. The van der Waals surface area contributed by atoms with Crippen LogP contribution >= 0.6 is 0 Å². The summed E-state index contributed by atoms with van der Waals surface area (Å²) in [6.07, 6.45) is 1.54. The molecular weight excluding hydrogens is 272 g/mol. The van der Waals surface area contributed by atoms with E-state index in [0.717, 1.165) is 5.56 Å². The predicted octanol–water partition coefficient (Wildman–Crippen LogP) is 1.27. The molecule has 1 N–H and O–H groups in total.